The monoisotopic (exact) mass is 311 g/mol. The van der Waals surface area contributed by atoms with Gasteiger partial charge in [0.1, 0.15) is 10.9 Å². The van der Waals surface area contributed by atoms with Crippen LogP contribution in [0.25, 0.3) is 0 Å². The van der Waals surface area contributed by atoms with Gasteiger partial charge in [-0.15, -0.1) is 11.8 Å². The van der Waals surface area contributed by atoms with E-state index in [0.717, 1.165) is 0 Å². The second-order valence-electron chi connectivity index (χ2n) is 4.88. The molecule has 0 bridgehead atoms. The number of carboxylic acids is 1. The average Bonchev–Trinajstić information content (AvgIpc) is 2.41. The van der Waals surface area contributed by atoms with Crippen molar-refractivity contribution in [3.63, 3.8) is 0 Å². The predicted octanol–water partition coefficient (Wildman–Crippen LogP) is 2.05. The molecule has 7 heteroatoms. The Morgan fingerprint density at radius 3 is 2.57 bits per heavy atom. The summed E-state index contributed by atoms with van der Waals surface area (Å²) in [6.07, 6.45) is 3.03. The summed E-state index contributed by atoms with van der Waals surface area (Å²) in [7, 11) is 0. The molecule has 1 rings (SSSR count). The van der Waals surface area contributed by atoms with E-state index in [1.54, 1.807) is 20.8 Å². The third kappa shape index (κ3) is 5.00. The summed E-state index contributed by atoms with van der Waals surface area (Å²) in [5, 5.41) is 12.3. The Hall–Kier alpha value is -1.63. The smallest absolute Gasteiger partial charge is 0.306 e. The Morgan fingerprint density at radius 2 is 2.00 bits per heavy atom. The Bertz CT molecular complexity index is 534. The van der Waals surface area contributed by atoms with Crippen LogP contribution in [0.2, 0.25) is 0 Å². The fourth-order valence-electron chi connectivity index (χ4n) is 1.91. The van der Waals surface area contributed by atoms with Crippen molar-refractivity contribution < 1.29 is 14.7 Å². The molecule has 1 amide bonds. The first-order valence-electron chi connectivity index (χ1n) is 6.77. The number of hydrogen-bond donors (Lipinski definition) is 2. The van der Waals surface area contributed by atoms with Gasteiger partial charge in [-0.25, -0.2) is 9.97 Å². The quantitative estimate of drug-likeness (QED) is 0.455. The van der Waals surface area contributed by atoms with Gasteiger partial charge in [0.15, 0.2) is 0 Å². The normalized spacial score (nSPS) is 12.0. The Morgan fingerprint density at radius 1 is 1.33 bits per heavy atom. The summed E-state index contributed by atoms with van der Waals surface area (Å²) < 4.78 is 0. The molecule has 2 N–H and O–H groups in total. The average molecular weight is 311 g/mol. The van der Waals surface area contributed by atoms with Gasteiger partial charge in [-0.2, -0.15) is 0 Å². The minimum atomic E-state index is -0.811. The van der Waals surface area contributed by atoms with Crippen LogP contribution < -0.4 is 5.32 Å². The Balaban J connectivity index is 2.62. The molecule has 1 aromatic rings. The highest BCUT2D eigenvalue weighted by atomic mass is 32.2. The molecule has 1 aromatic heterocycles. The van der Waals surface area contributed by atoms with Gasteiger partial charge in [-0.05, 0) is 32.9 Å². The van der Waals surface area contributed by atoms with Gasteiger partial charge in [-0.3, -0.25) is 9.59 Å². The molecule has 0 aromatic carbocycles. The highest BCUT2D eigenvalue weighted by Crippen LogP contribution is 2.20. The molecule has 1 heterocycles. The summed E-state index contributed by atoms with van der Waals surface area (Å²) in [6, 6.07) is 0. The van der Waals surface area contributed by atoms with Crippen LogP contribution >= 0.6 is 11.8 Å². The number of thioether (sulfide) groups is 1. The maximum atomic E-state index is 12.2. The first-order chi connectivity index (χ1) is 9.86. The summed E-state index contributed by atoms with van der Waals surface area (Å²) in [4.78, 5) is 31.4. The summed E-state index contributed by atoms with van der Waals surface area (Å²) >= 11 is 1.41. The number of aryl methyl sites for hydroxylation is 2. The second kappa shape index (κ2) is 7.97. The van der Waals surface area contributed by atoms with Gasteiger partial charge >= 0.3 is 5.97 Å². The zero-order chi connectivity index (χ0) is 16.0. The van der Waals surface area contributed by atoms with E-state index < -0.39 is 11.9 Å². The van der Waals surface area contributed by atoms with Crippen LogP contribution in [-0.4, -0.2) is 39.8 Å². The molecule has 1 atom stereocenters. The van der Waals surface area contributed by atoms with E-state index in [2.05, 4.69) is 15.3 Å². The first kappa shape index (κ1) is 17.4. The number of carbonyl (C=O) groups is 2. The number of amides is 1. The van der Waals surface area contributed by atoms with Crippen molar-refractivity contribution >= 4 is 23.6 Å². The van der Waals surface area contributed by atoms with Gasteiger partial charge in [0.25, 0.3) is 5.91 Å². The third-order valence-electron chi connectivity index (χ3n) is 3.11. The van der Waals surface area contributed by atoms with Crippen LogP contribution in [0.4, 0.5) is 0 Å². The molecule has 0 radical (unpaired) electrons. The maximum Gasteiger partial charge on any atom is 0.306 e. The molecule has 0 aliphatic heterocycles. The SMILES string of the molecule is CSc1nc(C)nc(C)c1C(=O)NCCCC(C)C(=O)O. The Kier molecular flexibility index (Phi) is 6.61. The molecule has 0 aliphatic carbocycles. The molecule has 6 nitrogen and oxygen atoms in total. The number of nitrogens with zero attached hydrogens (tertiary/aromatic N) is 2. The van der Waals surface area contributed by atoms with Crippen LogP contribution in [0.5, 0.6) is 0 Å². The number of hydrogen-bond acceptors (Lipinski definition) is 5. The lowest BCUT2D eigenvalue weighted by Crippen LogP contribution is -2.27. The van der Waals surface area contributed by atoms with E-state index in [9.17, 15) is 9.59 Å². The summed E-state index contributed by atoms with van der Waals surface area (Å²) in [6.45, 7) is 5.68. The van der Waals surface area contributed by atoms with E-state index in [1.807, 2.05) is 6.26 Å². The molecule has 0 saturated carbocycles. The van der Waals surface area contributed by atoms with Crippen molar-refractivity contribution in [2.75, 3.05) is 12.8 Å². The lowest BCUT2D eigenvalue weighted by Gasteiger charge is -2.11. The van der Waals surface area contributed by atoms with Crippen LogP contribution in [0.1, 0.15) is 41.6 Å². The molecular weight excluding hydrogens is 290 g/mol. The van der Waals surface area contributed by atoms with Crippen LogP contribution in [0, 0.1) is 19.8 Å². The molecule has 0 spiro atoms. The van der Waals surface area contributed by atoms with Crippen LogP contribution in [0.3, 0.4) is 0 Å². The van der Waals surface area contributed by atoms with Gasteiger partial charge in [0.2, 0.25) is 0 Å². The third-order valence-corrected chi connectivity index (χ3v) is 3.79. The lowest BCUT2D eigenvalue weighted by atomic mass is 10.1. The van der Waals surface area contributed by atoms with Crippen molar-refractivity contribution in [3.8, 4) is 0 Å². The van der Waals surface area contributed by atoms with Gasteiger partial charge in [-0.1, -0.05) is 6.92 Å². The minimum absolute atomic E-state index is 0.208. The highest BCUT2D eigenvalue weighted by Gasteiger charge is 2.17. The van der Waals surface area contributed by atoms with Gasteiger partial charge in [0, 0.05) is 6.54 Å². The van der Waals surface area contributed by atoms with Crippen LogP contribution in [0.15, 0.2) is 5.03 Å². The van der Waals surface area contributed by atoms with Gasteiger partial charge < -0.3 is 10.4 Å². The first-order valence-corrected chi connectivity index (χ1v) is 7.99. The zero-order valence-electron chi connectivity index (χ0n) is 12.8. The number of aromatic nitrogens is 2. The molecule has 0 saturated heterocycles. The van der Waals surface area contributed by atoms with E-state index in [1.165, 1.54) is 11.8 Å². The minimum Gasteiger partial charge on any atom is -0.481 e. The standard InChI is InChI=1S/C14H21N3O3S/c1-8(14(19)20)6-5-7-15-12(18)11-9(2)16-10(3)17-13(11)21-4/h8H,5-7H2,1-4H3,(H,15,18)(H,19,20). The number of aliphatic carboxylic acids is 1. The fourth-order valence-corrected chi connectivity index (χ4v) is 2.58. The lowest BCUT2D eigenvalue weighted by molar-refractivity contribution is -0.141. The van der Waals surface area contributed by atoms with E-state index in [-0.39, 0.29) is 5.91 Å². The molecule has 1 unspecified atom stereocenters. The van der Waals surface area contributed by atoms with Gasteiger partial charge in [0.05, 0.1) is 17.2 Å². The van der Waals surface area contributed by atoms with Crippen molar-refractivity contribution in [2.45, 2.75) is 38.6 Å². The molecule has 116 valence electrons. The van der Waals surface area contributed by atoms with Crippen molar-refractivity contribution in [1.82, 2.24) is 15.3 Å². The number of rotatable bonds is 7. The number of carboxylic acid groups (broad SMARTS) is 1. The number of nitrogens with one attached hydrogen (secondary N) is 1. The van der Waals surface area contributed by atoms with E-state index in [0.29, 0.717) is 41.5 Å². The van der Waals surface area contributed by atoms with E-state index >= 15 is 0 Å². The predicted molar refractivity (Wildman–Crippen MR) is 81.7 cm³/mol. The van der Waals surface area contributed by atoms with Crippen molar-refractivity contribution in [3.05, 3.63) is 17.1 Å². The fraction of sp³-hybridized carbons (Fsp3) is 0.571. The highest BCUT2D eigenvalue weighted by molar-refractivity contribution is 7.98. The Labute approximate surface area is 128 Å². The topological polar surface area (TPSA) is 92.2 Å². The molecule has 0 fully saturated rings. The summed E-state index contributed by atoms with van der Waals surface area (Å²) in [5.74, 6) is -0.773. The van der Waals surface area contributed by atoms with Crippen molar-refractivity contribution in [2.24, 2.45) is 5.92 Å². The zero-order valence-corrected chi connectivity index (χ0v) is 13.6. The molecular formula is C14H21N3O3S. The van der Waals surface area contributed by atoms with E-state index in [4.69, 9.17) is 5.11 Å². The summed E-state index contributed by atoms with van der Waals surface area (Å²) in [5.41, 5.74) is 1.16. The second-order valence-corrected chi connectivity index (χ2v) is 5.67. The van der Waals surface area contributed by atoms with Crippen LogP contribution in [-0.2, 0) is 4.79 Å². The molecule has 0 aliphatic rings. The largest absolute Gasteiger partial charge is 0.481 e. The molecule has 21 heavy (non-hydrogen) atoms. The number of carbonyl (C=O) groups excluding carboxylic acids is 1. The van der Waals surface area contributed by atoms with Crippen molar-refractivity contribution in [1.29, 1.82) is 0 Å². The maximum absolute atomic E-state index is 12.2.